The minimum atomic E-state index is 0.496. The van der Waals surface area contributed by atoms with E-state index in [1.807, 2.05) is 0 Å². The first-order valence-electron chi connectivity index (χ1n) is 6.01. The van der Waals surface area contributed by atoms with Crippen LogP contribution in [0.5, 0.6) is 5.75 Å². The van der Waals surface area contributed by atoms with Crippen molar-refractivity contribution < 1.29 is 4.74 Å². The van der Waals surface area contributed by atoms with Gasteiger partial charge in [-0.15, -0.1) is 0 Å². The minimum absolute atomic E-state index is 0.496. The molecular weight excluding hydrogens is 198 g/mol. The summed E-state index contributed by atoms with van der Waals surface area (Å²) in [4.78, 5) is 2.39. The normalized spacial score (nSPS) is 10.6. The standard InChI is InChI=1S/C14H23NO/c1-6-9-15(11(2)3)13-10-12(4)7-8-14(13)16-5/h7-8,10-11H,6,9H2,1-5H3. The topological polar surface area (TPSA) is 12.5 Å². The smallest absolute Gasteiger partial charge is 0.142 e. The second-order valence-electron chi connectivity index (χ2n) is 4.46. The Morgan fingerprint density at radius 3 is 2.50 bits per heavy atom. The average Bonchev–Trinajstić information content (AvgIpc) is 2.25. The van der Waals surface area contributed by atoms with Crippen LogP contribution in [0.3, 0.4) is 0 Å². The van der Waals surface area contributed by atoms with Crippen molar-refractivity contribution in [2.24, 2.45) is 0 Å². The first-order valence-corrected chi connectivity index (χ1v) is 6.01. The highest BCUT2D eigenvalue weighted by Crippen LogP contribution is 2.30. The molecule has 2 heteroatoms. The van der Waals surface area contributed by atoms with E-state index >= 15 is 0 Å². The Labute approximate surface area is 99.2 Å². The van der Waals surface area contributed by atoms with Crippen molar-refractivity contribution in [3.63, 3.8) is 0 Å². The lowest BCUT2D eigenvalue weighted by Crippen LogP contribution is -2.31. The Hall–Kier alpha value is -1.18. The van der Waals surface area contributed by atoms with Gasteiger partial charge in [0, 0.05) is 12.6 Å². The number of aryl methyl sites for hydroxylation is 1. The molecule has 1 rings (SSSR count). The number of methoxy groups -OCH3 is 1. The summed E-state index contributed by atoms with van der Waals surface area (Å²) in [5, 5.41) is 0. The fourth-order valence-corrected chi connectivity index (χ4v) is 1.92. The maximum absolute atomic E-state index is 5.44. The number of hydrogen-bond acceptors (Lipinski definition) is 2. The van der Waals surface area contributed by atoms with Gasteiger partial charge in [0.25, 0.3) is 0 Å². The fourth-order valence-electron chi connectivity index (χ4n) is 1.92. The summed E-state index contributed by atoms with van der Waals surface area (Å²) < 4.78 is 5.44. The monoisotopic (exact) mass is 221 g/mol. The van der Waals surface area contributed by atoms with Crippen molar-refractivity contribution in [3.8, 4) is 5.75 Å². The molecule has 0 unspecified atom stereocenters. The first-order chi connectivity index (χ1) is 7.60. The molecule has 0 saturated carbocycles. The molecule has 0 bridgehead atoms. The van der Waals surface area contributed by atoms with Crippen molar-refractivity contribution in [2.75, 3.05) is 18.6 Å². The summed E-state index contributed by atoms with van der Waals surface area (Å²) >= 11 is 0. The van der Waals surface area contributed by atoms with Gasteiger partial charge in [-0.3, -0.25) is 0 Å². The summed E-state index contributed by atoms with van der Waals surface area (Å²) in [5.74, 6) is 0.966. The summed E-state index contributed by atoms with van der Waals surface area (Å²) in [6, 6.07) is 6.84. The molecular formula is C14H23NO. The molecule has 1 aromatic rings. The summed E-state index contributed by atoms with van der Waals surface area (Å²) in [6.45, 7) is 9.83. The lowest BCUT2D eigenvalue weighted by molar-refractivity contribution is 0.413. The maximum atomic E-state index is 5.44. The molecule has 0 fully saturated rings. The molecule has 0 N–H and O–H groups in total. The van der Waals surface area contributed by atoms with Crippen LogP contribution in [0, 0.1) is 6.92 Å². The Morgan fingerprint density at radius 1 is 1.31 bits per heavy atom. The molecule has 0 atom stereocenters. The van der Waals surface area contributed by atoms with Crippen LogP contribution in [0.15, 0.2) is 18.2 Å². The van der Waals surface area contributed by atoms with Crippen molar-refractivity contribution in [1.29, 1.82) is 0 Å². The van der Waals surface area contributed by atoms with Crippen molar-refractivity contribution in [3.05, 3.63) is 23.8 Å². The minimum Gasteiger partial charge on any atom is -0.495 e. The molecule has 0 spiro atoms. The lowest BCUT2D eigenvalue weighted by atomic mass is 10.1. The van der Waals surface area contributed by atoms with E-state index in [2.05, 4.69) is 50.8 Å². The van der Waals surface area contributed by atoms with E-state index in [0.29, 0.717) is 6.04 Å². The Morgan fingerprint density at radius 2 is 2.00 bits per heavy atom. The van der Waals surface area contributed by atoms with Gasteiger partial charge in [0.05, 0.1) is 12.8 Å². The third-order valence-electron chi connectivity index (χ3n) is 2.73. The van der Waals surface area contributed by atoms with Crippen LogP contribution in [-0.4, -0.2) is 19.7 Å². The Balaban J connectivity index is 3.10. The maximum Gasteiger partial charge on any atom is 0.142 e. The quantitative estimate of drug-likeness (QED) is 0.753. The van der Waals surface area contributed by atoms with E-state index in [9.17, 15) is 0 Å². The predicted molar refractivity (Wildman–Crippen MR) is 70.5 cm³/mol. The number of hydrogen-bond donors (Lipinski definition) is 0. The van der Waals surface area contributed by atoms with Crippen LogP contribution in [0.1, 0.15) is 32.8 Å². The number of nitrogens with zero attached hydrogens (tertiary/aromatic N) is 1. The zero-order chi connectivity index (χ0) is 12.1. The highest BCUT2D eigenvalue weighted by atomic mass is 16.5. The second-order valence-corrected chi connectivity index (χ2v) is 4.46. The molecule has 0 aromatic heterocycles. The molecule has 0 aliphatic heterocycles. The fraction of sp³-hybridized carbons (Fsp3) is 0.571. The van der Waals surface area contributed by atoms with Gasteiger partial charge >= 0.3 is 0 Å². The van der Waals surface area contributed by atoms with Crippen molar-refractivity contribution in [2.45, 2.75) is 40.2 Å². The van der Waals surface area contributed by atoms with Crippen LogP contribution in [0.2, 0.25) is 0 Å². The number of rotatable bonds is 5. The van der Waals surface area contributed by atoms with E-state index in [4.69, 9.17) is 4.74 Å². The molecule has 0 aliphatic rings. The molecule has 0 saturated heterocycles. The summed E-state index contributed by atoms with van der Waals surface area (Å²) in [5.41, 5.74) is 2.48. The molecule has 2 nitrogen and oxygen atoms in total. The van der Waals surface area contributed by atoms with Gasteiger partial charge in [-0.1, -0.05) is 13.0 Å². The molecule has 1 aromatic carbocycles. The Kier molecular flexibility index (Phi) is 4.66. The van der Waals surface area contributed by atoms with Gasteiger partial charge in [0.2, 0.25) is 0 Å². The first kappa shape index (κ1) is 12.9. The van der Waals surface area contributed by atoms with Crippen LogP contribution in [0.25, 0.3) is 0 Å². The largest absolute Gasteiger partial charge is 0.495 e. The highest BCUT2D eigenvalue weighted by Gasteiger charge is 2.14. The summed E-state index contributed by atoms with van der Waals surface area (Å²) in [7, 11) is 1.73. The molecule has 0 heterocycles. The molecule has 0 amide bonds. The highest BCUT2D eigenvalue weighted by molar-refractivity contribution is 5.60. The van der Waals surface area contributed by atoms with Crippen molar-refractivity contribution >= 4 is 5.69 Å². The van der Waals surface area contributed by atoms with Crippen LogP contribution in [0.4, 0.5) is 5.69 Å². The molecule has 0 aliphatic carbocycles. The van der Waals surface area contributed by atoms with Gasteiger partial charge < -0.3 is 9.64 Å². The van der Waals surface area contributed by atoms with Crippen LogP contribution >= 0.6 is 0 Å². The second kappa shape index (κ2) is 5.78. The lowest BCUT2D eigenvalue weighted by Gasteiger charge is -2.30. The zero-order valence-corrected chi connectivity index (χ0v) is 11.1. The SMILES string of the molecule is CCCN(c1cc(C)ccc1OC)C(C)C. The van der Waals surface area contributed by atoms with Crippen LogP contribution in [-0.2, 0) is 0 Å². The van der Waals surface area contributed by atoms with Gasteiger partial charge in [-0.2, -0.15) is 0 Å². The van der Waals surface area contributed by atoms with Gasteiger partial charge in [0.15, 0.2) is 0 Å². The molecule has 90 valence electrons. The average molecular weight is 221 g/mol. The van der Waals surface area contributed by atoms with Gasteiger partial charge in [0.1, 0.15) is 5.75 Å². The Bertz CT molecular complexity index is 334. The summed E-state index contributed by atoms with van der Waals surface area (Å²) in [6.07, 6.45) is 1.15. The van der Waals surface area contributed by atoms with Gasteiger partial charge in [-0.05, 0) is 44.9 Å². The van der Waals surface area contributed by atoms with E-state index in [1.165, 1.54) is 11.3 Å². The predicted octanol–water partition coefficient (Wildman–Crippen LogP) is 3.63. The van der Waals surface area contributed by atoms with E-state index < -0.39 is 0 Å². The number of benzene rings is 1. The van der Waals surface area contributed by atoms with Gasteiger partial charge in [-0.25, -0.2) is 0 Å². The molecule has 0 radical (unpaired) electrons. The van der Waals surface area contributed by atoms with E-state index in [0.717, 1.165) is 18.7 Å². The number of ether oxygens (including phenoxy) is 1. The third-order valence-corrected chi connectivity index (χ3v) is 2.73. The van der Waals surface area contributed by atoms with Crippen molar-refractivity contribution in [1.82, 2.24) is 0 Å². The number of anilines is 1. The third kappa shape index (κ3) is 2.91. The van der Waals surface area contributed by atoms with E-state index in [1.54, 1.807) is 7.11 Å². The molecule has 16 heavy (non-hydrogen) atoms. The van der Waals surface area contributed by atoms with Crippen LogP contribution < -0.4 is 9.64 Å². The van der Waals surface area contributed by atoms with E-state index in [-0.39, 0.29) is 0 Å². The zero-order valence-electron chi connectivity index (χ0n) is 11.1.